The Morgan fingerprint density at radius 1 is 1.15 bits per heavy atom. The Kier molecular flexibility index (Phi) is 7.22. The zero-order valence-corrected chi connectivity index (χ0v) is 22.0. The molecule has 1 aliphatic heterocycles. The van der Waals surface area contributed by atoms with Gasteiger partial charge in [-0.2, -0.15) is 13.5 Å². The Bertz CT molecular complexity index is 1410. The third-order valence-corrected chi connectivity index (χ3v) is 8.74. The predicted octanol–water partition coefficient (Wildman–Crippen LogP) is 5.46. The molecule has 170 valence electrons. The zero-order valence-electron chi connectivity index (χ0n) is 17.2. The molecule has 1 saturated heterocycles. The second-order valence-electron chi connectivity index (χ2n) is 6.96. The molecule has 33 heavy (non-hydrogen) atoms. The minimum absolute atomic E-state index is 0.0103. The van der Waals surface area contributed by atoms with Gasteiger partial charge in [-0.3, -0.25) is 4.79 Å². The zero-order chi connectivity index (χ0) is 23.6. The number of nitrogens with one attached hydrogen (secondary N) is 1. The summed E-state index contributed by atoms with van der Waals surface area (Å²) in [6, 6.07) is 15.6. The third-order valence-electron chi connectivity index (χ3n) is 4.78. The molecule has 1 aliphatic rings. The number of amidine groups is 1. The second-order valence-corrected chi connectivity index (χ2v) is 11.4. The maximum Gasteiger partial charge on any atom is 0.340 e. The molecular formula is C22H17Br2N3O4S2. The Hall–Kier alpha value is -2.21. The van der Waals surface area contributed by atoms with E-state index in [4.69, 9.17) is 4.18 Å². The molecule has 1 fully saturated rings. The van der Waals surface area contributed by atoms with Gasteiger partial charge in [-0.1, -0.05) is 64.9 Å². The first-order chi connectivity index (χ1) is 15.8. The molecule has 0 bridgehead atoms. The summed E-state index contributed by atoms with van der Waals surface area (Å²) < 4.78 is 32.6. The van der Waals surface area contributed by atoms with Crippen LogP contribution in [0.1, 0.15) is 18.9 Å². The van der Waals surface area contributed by atoms with Gasteiger partial charge in [0.25, 0.3) is 0 Å². The van der Waals surface area contributed by atoms with Gasteiger partial charge in [0.1, 0.15) is 4.90 Å². The highest BCUT2D eigenvalue weighted by atomic mass is 79.9. The first kappa shape index (κ1) is 23.9. The van der Waals surface area contributed by atoms with Crippen molar-refractivity contribution in [2.75, 3.05) is 0 Å². The molecule has 3 aromatic carbocycles. The van der Waals surface area contributed by atoms with E-state index in [1.54, 1.807) is 24.3 Å². The van der Waals surface area contributed by atoms with Crippen molar-refractivity contribution in [3.05, 3.63) is 69.1 Å². The van der Waals surface area contributed by atoms with Crippen LogP contribution >= 0.6 is 43.6 Å². The average Bonchev–Trinajstić information content (AvgIpc) is 3.15. The van der Waals surface area contributed by atoms with Crippen LogP contribution in [0.5, 0.6) is 5.75 Å². The summed E-state index contributed by atoms with van der Waals surface area (Å²) in [5.74, 6) is 0.00963. The smallest absolute Gasteiger partial charge is 0.340 e. The maximum absolute atomic E-state index is 13.1. The van der Waals surface area contributed by atoms with Crippen molar-refractivity contribution >= 4 is 81.8 Å². The van der Waals surface area contributed by atoms with Gasteiger partial charge in [0.05, 0.1) is 11.5 Å². The van der Waals surface area contributed by atoms with Crippen molar-refractivity contribution in [2.45, 2.75) is 23.5 Å². The highest BCUT2D eigenvalue weighted by Gasteiger charge is 2.28. The first-order valence-corrected chi connectivity index (χ1v) is 13.7. The molecule has 0 radical (unpaired) electrons. The second kappa shape index (κ2) is 9.96. The van der Waals surface area contributed by atoms with Crippen LogP contribution in [0.4, 0.5) is 0 Å². The number of amides is 1. The highest BCUT2D eigenvalue weighted by molar-refractivity contribution is 9.11. The number of fused-ring (bicyclic) bond motifs is 1. The lowest BCUT2D eigenvalue weighted by Gasteiger charge is -2.12. The fourth-order valence-electron chi connectivity index (χ4n) is 3.17. The van der Waals surface area contributed by atoms with Gasteiger partial charge in [0.15, 0.2) is 10.9 Å². The Balaban J connectivity index is 1.73. The lowest BCUT2D eigenvalue weighted by molar-refractivity contribution is -0.118. The average molecular weight is 611 g/mol. The quantitative estimate of drug-likeness (QED) is 0.227. The molecule has 0 spiro atoms. The number of carbonyl (C=O) groups excluding carboxylic acids is 1. The van der Waals surface area contributed by atoms with E-state index < -0.39 is 10.1 Å². The van der Waals surface area contributed by atoms with E-state index in [0.717, 1.165) is 10.8 Å². The number of halogens is 2. The van der Waals surface area contributed by atoms with Crippen molar-refractivity contribution in [3.8, 4) is 5.75 Å². The summed E-state index contributed by atoms with van der Waals surface area (Å²) in [6.07, 6.45) is 2.12. The number of rotatable bonds is 6. The molecule has 3 aromatic rings. The fourth-order valence-corrected chi connectivity index (χ4v) is 6.43. The summed E-state index contributed by atoms with van der Waals surface area (Å²) in [7, 11) is -4.15. The SMILES string of the molecule is CC[C@@H]1SC(=NN=Cc2c(OS(=O)(=O)c3cc(Br)ccc3Br)ccc3ccccc23)NC1=O. The van der Waals surface area contributed by atoms with Crippen molar-refractivity contribution in [2.24, 2.45) is 10.2 Å². The summed E-state index contributed by atoms with van der Waals surface area (Å²) in [4.78, 5) is 11.9. The number of carbonyl (C=O) groups is 1. The van der Waals surface area contributed by atoms with Crippen LogP contribution in [0, 0.1) is 0 Å². The summed E-state index contributed by atoms with van der Waals surface area (Å²) in [6.45, 7) is 1.92. The monoisotopic (exact) mass is 609 g/mol. The number of hydrogen-bond donors (Lipinski definition) is 1. The van der Waals surface area contributed by atoms with Crippen LogP contribution in [0.25, 0.3) is 10.8 Å². The van der Waals surface area contributed by atoms with E-state index in [1.165, 1.54) is 24.0 Å². The first-order valence-electron chi connectivity index (χ1n) is 9.78. The molecule has 11 heteroatoms. The van der Waals surface area contributed by atoms with Crippen molar-refractivity contribution in [1.82, 2.24) is 5.32 Å². The van der Waals surface area contributed by atoms with Gasteiger partial charge >= 0.3 is 10.1 Å². The predicted molar refractivity (Wildman–Crippen MR) is 138 cm³/mol. The summed E-state index contributed by atoms with van der Waals surface area (Å²) in [5.41, 5.74) is 0.452. The molecular weight excluding hydrogens is 594 g/mol. The lowest BCUT2D eigenvalue weighted by Crippen LogP contribution is -2.24. The number of benzene rings is 3. The minimum atomic E-state index is -4.15. The van der Waals surface area contributed by atoms with Gasteiger partial charge in [-0.05, 0) is 57.4 Å². The fraction of sp³-hybridized carbons (Fsp3) is 0.136. The largest absolute Gasteiger partial charge is 0.378 e. The van der Waals surface area contributed by atoms with Gasteiger partial charge in [-0.25, -0.2) is 0 Å². The van der Waals surface area contributed by atoms with E-state index in [0.29, 0.717) is 26.1 Å². The Morgan fingerprint density at radius 2 is 1.94 bits per heavy atom. The normalized spacial score (nSPS) is 17.7. The topological polar surface area (TPSA) is 97.2 Å². The molecule has 1 heterocycles. The van der Waals surface area contributed by atoms with Crippen LogP contribution in [0.2, 0.25) is 0 Å². The van der Waals surface area contributed by atoms with Crippen molar-refractivity contribution in [3.63, 3.8) is 0 Å². The van der Waals surface area contributed by atoms with Gasteiger partial charge in [0, 0.05) is 14.5 Å². The van der Waals surface area contributed by atoms with Crippen LogP contribution in [0.15, 0.2) is 78.6 Å². The van der Waals surface area contributed by atoms with Gasteiger partial charge in [0.2, 0.25) is 5.91 Å². The highest BCUT2D eigenvalue weighted by Crippen LogP contribution is 2.32. The maximum atomic E-state index is 13.1. The van der Waals surface area contributed by atoms with E-state index in [9.17, 15) is 13.2 Å². The van der Waals surface area contributed by atoms with Crippen LogP contribution < -0.4 is 9.50 Å². The molecule has 7 nitrogen and oxygen atoms in total. The van der Waals surface area contributed by atoms with E-state index in [2.05, 4.69) is 47.4 Å². The standard InChI is InChI=1S/C22H17Br2N3O4S2/c1-2-19-21(28)26-22(32-19)27-25-12-16-15-6-4-3-5-13(15)7-10-18(16)31-33(29,30)20-11-14(23)8-9-17(20)24/h3-12,19H,2H2,1H3,(H,26,27,28)/t19-/m0/s1. The molecule has 1 amide bonds. The number of thioether (sulfide) groups is 1. The number of hydrogen-bond acceptors (Lipinski definition) is 7. The lowest BCUT2D eigenvalue weighted by atomic mass is 10.0. The van der Waals surface area contributed by atoms with Crippen LogP contribution in [-0.4, -0.2) is 31.0 Å². The van der Waals surface area contributed by atoms with Crippen LogP contribution in [0.3, 0.4) is 0 Å². The molecule has 0 unspecified atom stereocenters. The Labute approximate surface area is 212 Å². The van der Waals surface area contributed by atoms with Gasteiger partial charge in [-0.15, -0.1) is 5.10 Å². The molecule has 0 aliphatic carbocycles. The number of nitrogens with zero attached hydrogens (tertiary/aromatic N) is 2. The van der Waals surface area contributed by atoms with Gasteiger partial charge < -0.3 is 9.50 Å². The van der Waals surface area contributed by atoms with Crippen molar-refractivity contribution in [1.29, 1.82) is 0 Å². The van der Waals surface area contributed by atoms with Crippen molar-refractivity contribution < 1.29 is 17.4 Å². The third kappa shape index (κ3) is 5.32. The molecule has 0 saturated carbocycles. The minimum Gasteiger partial charge on any atom is -0.378 e. The molecule has 4 rings (SSSR count). The van der Waals surface area contributed by atoms with Crippen LogP contribution in [-0.2, 0) is 14.9 Å². The van der Waals surface area contributed by atoms with E-state index in [1.807, 2.05) is 31.2 Å². The van der Waals surface area contributed by atoms with E-state index >= 15 is 0 Å². The molecule has 0 aromatic heterocycles. The molecule has 1 atom stereocenters. The summed E-state index contributed by atoms with van der Waals surface area (Å²) in [5, 5.41) is 12.7. The summed E-state index contributed by atoms with van der Waals surface area (Å²) >= 11 is 7.88. The van der Waals surface area contributed by atoms with E-state index in [-0.39, 0.29) is 21.8 Å². The Morgan fingerprint density at radius 3 is 2.70 bits per heavy atom. The molecule has 1 N–H and O–H groups in total.